The lowest BCUT2D eigenvalue weighted by atomic mass is 10.1. The quantitative estimate of drug-likeness (QED) is 0.533. The third-order valence-electron chi connectivity index (χ3n) is 3.14. The maximum atomic E-state index is 5.64. The van der Waals surface area contributed by atoms with Gasteiger partial charge in [0.1, 0.15) is 6.04 Å². The maximum absolute atomic E-state index is 5.64. The van der Waals surface area contributed by atoms with Gasteiger partial charge in [0.15, 0.2) is 0 Å². The molecule has 0 saturated heterocycles. The largest absolute Gasteiger partial charge is 0.270 e. The summed E-state index contributed by atoms with van der Waals surface area (Å²) in [7, 11) is 1.82. The molecule has 20 heavy (non-hydrogen) atoms. The van der Waals surface area contributed by atoms with Crippen molar-refractivity contribution in [3.8, 4) is 5.69 Å². The molecule has 1 unspecified atom stereocenters. The zero-order valence-electron chi connectivity index (χ0n) is 11.0. The molecular weight excluding hydrogens is 254 g/mol. The topological polar surface area (TPSA) is 86.6 Å². The van der Waals surface area contributed by atoms with Gasteiger partial charge in [0, 0.05) is 13.2 Å². The molecule has 3 N–H and O–H groups in total. The highest BCUT2D eigenvalue weighted by molar-refractivity contribution is 5.31. The van der Waals surface area contributed by atoms with E-state index in [2.05, 4.69) is 20.8 Å². The lowest BCUT2D eigenvalue weighted by molar-refractivity contribution is 0.555. The van der Waals surface area contributed by atoms with E-state index >= 15 is 0 Å². The van der Waals surface area contributed by atoms with E-state index < -0.39 is 0 Å². The van der Waals surface area contributed by atoms with Crippen molar-refractivity contribution >= 4 is 0 Å². The molecule has 3 rings (SSSR count). The Kier molecular flexibility index (Phi) is 3.28. The first-order valence-corrected chi connectivity index (χ1v) is 6.21. The Morgan fingerprint density at radius 1 is 1.20 bits per heavy atom. The van der Waals surface area contributed by atoms with Gasteiger partial charge >= 0.3 is 0 Å². The highest BCUT2D eigenvalue weighted by atomic mass is 15.4. The van der Waals surface area contributed by atoms with Crippen LogP contribution in [-0.2, 0) is 7.05 Å². The molecule has 0 aliphatic carbocycles. The Morgan fingerprint density at radius 3 is 2.65 bits per heavy atom. The van der Waals surface area contributed by atoms with E-state index in [1.807, 2.05) is 54.3 Å². The van der Waals surface area contributed by atoms with Crippen LogP contribution in [0.1, 0.15) is 17.4 Å². The van der Waals surface area contributed by atoms with Crippen LogP contribution in [0.3, 0.4) is 0 Å². The van der Waals surface area contributed by atoms with E-state index in [-0.39, 0.29) is 6.04 Å². The zero-order chi connectivity index (χ0) is 13.9. The van der Waals surface area contributed by atoms with Gasteiger partial charge < -0.3 is 0 Å². The first-order valence-electron chi connectivity index (χ1n) is 6.21. The second-order valence-corrected chi connectivity index (χ2v) is 4.40. The average molecular weight is 269 g/mol. The van der Waals surface area contributed by atoms with Gasteiger partial charge in [0.25, 0.3) is 0 Å². The number of aromatic nitrogens is 5. The molecule has 3 aromatic rings. The monoisotopic (exact) mass is 269 g/mol. The molecule has 0 saturated carbocycles. The smallest absolute Gasteiger partial charge is 0.108 e. The minimum Gasteiger partial charge on any atom is -0.270 e. The van der Waals surface area contributed by atoms with E-state index in [1.54, 1.807) is 10.9 Å². The summed E-state index contributed by atoms with van der Waals surface area (Å²) < 4.78 is 3.48. The molecule has 2 heterocycles. The Hall–Kier alpha value is -2.51. The van der Waals surface area contributed by atoms with Crippen LogP contribution in [0.2, 0.25) is 0 Å². The molecule has 7 nitrogen and oxygen atoms in total. The van der Waals surface area contributed by atoms with Crippen molar-refractivity contribution in [3.05, 3.63) is 60.2 Å². The fraction of sp³-hybridized carbons (Fsp3) is 0.154. The lowest BCUT2D eigenvalue weighted by Crippen LogP contribution is -2.30. The first kappa shape index (κ1) is 12.5. The summed E-state index contributed by atoms with van der Waals surface area (Å²) in [6.07, 6.45) is 3.57. The molecular formula is C13H15N7. The van der Waals surface area contributed by atoms with E-state index in [0.29, 0.717) is 0 Å². The van der Waals surface area contributed by atoms with Gasteiger partial charge in [-0.25, -0.2) is 10.1 Å². The van der Waals surface area contributed by atoms with Gasteiger partial charge in [-0.15, -0.1) is 5.10 Å². The van der Waals surface area contributed by atoms with Gasteiger partial charge in [-0.2, -0.15) is 5.10 Å². The number of nitrogens with two attached hydrogens (primary N) is 1. The maximum Gasteiger partial charge on any atom is 0.108 e. The summed E-state index contributed by atoms with van der Waals surface area (Å²) in [4.78, 5) is 0. The number of aryl methyl sites for hydroxylation is 1. The summed E-state index contributed by atoms with van der Waals surface area (Å²) in [5.74, 6) is 5.64. The number of benzene rings is 1. The molecule has 2 aromatic heterocycles. The highest BCUT2D eigenvalue weighted by Gasteiger charge is 2.19. The van der Waals surface area contributed by atoms with Crippen LogP contribution >= 0.6 is 0 Å². The van der Waals surface area contributed by atoms with E-state index in [1.165, 1.54) is 0 Å². The number of nitrogens with one attached hydrogen (secondary N) is 1. The van der Waals surface area contributed by atoms with Crippen LogP contribution in [0.5, 0.6) is 0 Å². The fourth-order valence-corrected chi connectivity index (χ4v) is 2.10. The predicted octanol–water partition coefficient (Wildman–Crippen LogP) is 0.553. The zero-order valence-corrected chi connectivity index (χ0v) is 11.0. The Labute approximate surface area is 116 Å². The van der Waals surface area contributed by atoms with Gasteiger partial charge in [-0.05, 0) is 18.2 Å². The van der Waals surface area contributed by atoms with Crippen LogP contribution in [0.4, 0.5) is 0 Å². The van der Waals surface area contributed by atoms with E-state index in [0.717, 1.165) is 17.1 Å². The molecule has 1 atom stereocenters. The second-order valence-electron chi connectivity index (χ2n) is 4.40. The standard InChI is InChI=1S/C13H15N7/c1-19-12(9-15-18-19)13(16-14)11-7-8-20(17-11)10-5-3-2-4-6-10/h2-9,13,16H,14H2,1H3. The molecule has 0 aliphatic rings. The first-order chi connectivity index (χ1) is 9.79. The molecule has 0 radical (unpaired) electrons. The van der Waals surface area contributed by atoms with Crippen LogP contribution in [-0.4, -0.2) is 24.8 Å². The summed E-state index contributed by atoms with van der Waals surface area (Å²) in [5.41, 5.74) is 5.41. The van der Waals surface area contributed by atoms with Crippen molar-refractivity contribution in [2.24, 2.45) is 12.9 Å². The summed E-state index contributed by atoms with van der Waals surface area (Å²) in [6.45, 7) is 0. The normalized spacial score (nSPS) is 12.5. The number of hydrogen-bond donors (Lipinski definition) is 2. The second kappa shape index (κ2) is 5.24. The van der Waals surface area contributed by atoms with Gasteiger partial charge in [0.05, 0.1) is 23.3 Å². The van der Waals surface area contributed by atoms with Gasteiger partial charge in [-0.1, -0.05) is 23.4 Å². The molecule has 1 aromatic carbocycles. The third kappa shape index (κ3) is 2.20. The van der Waals surface area contributed by atoms with Crippen molar-refractivity contribution < 1.29 is 0 Å². The Balaban J connectivity index is 1.95. The van der Waals surface area contributed by atoms with Crippen LogP contribution in [0, 0.1) is 0 Å². The molecule has 0 amide bonds. The lowest BCUT2D eigenvalue weighted by Gasteiger charge is -2.12. The molecule has 0 aliphatic heterocycles. The van der Waals surface area contributed by atoms with Crippen molar-refractivity contribution in [1.82, 2.24) is 30.2 Å². The van der Waals surface area contributed by atoms with Gasteiger partial charge in [0.2, 0.25) is 0 Å². The molecule has 0 bridgehead atoms. The highest BCUT2D eigenvalue weighted by Crippen LogP contribution is 2.19. The third-order valence-corrected chi connectivity index (χ3v) is 3.14. The number of hydrogen-bond acceptors (Lipinski definition) is 5. The minimum atomic E-state index is -0.250. The van der Waals surface area contributed by atoms with E-state index in [4.69, 9.17) is 5.84 Å². The minimum absolute atomic E-state index is 0.250. The SMILES string of the molecule is Cn1nncc1C(NN)c1ccn(-c2ccccc2)n1. The number of para-hydroxylation sites is 1. The summed E-state index contributed by atoms with van der Waals surface area (Å²) >= 11 is 0. The van der Waals surface area contributed by atoms with Crippen molar-refractivity contribution in [1.29, 1.82) is 0 Å². The number of hydrazine groups is 1. The Bertz CT molecular complexity index is 686. The molecule has 102 valence electrons. The van der Waals surface area contributed by atoms with Crippen molar-refractivity contribution in [2.75, 3.05) is 0 Å². The van der Waals surface area contributed by atoms with Crippen molar-refractivity contribution in [3.63, 3.8) is 0 Å². The molecule has 0 spiro atoms. The molecule has 7 heteroatoms. The van der Waals surface area contributed by atoms with Crippen LogP contribution in [0.25, 0.3) is 5.69 Å². The Morgan fingerprint density at radius 2 is 2.00 bits per heavy atom. The van der Waals surface area contributed by atoms with E-state index in [9.17, 15) is 0 Å². The number of rotatable bonds is 4. The summed E-state index contributed by atoms with van der Waals surface area (Å²) in [5, 5.41) is 12.3. The fourth-order valence-electron chi connectivity index (χ4n) is 2.10. The van der Waals surface area contributed by atoms with Crippen LogP contribution in [0.15, 0.2) is 48.8 Å². The van der Waals surface area contributed by atoms with Crippen LogP contribution < -0.4 is 11.3 Å². The average Bonchev–Trinajstić information content (AvgIpc) is 3.12. The summed E-state index contributed by atoms with van der Waals surface area (Å²) in [6, 6.07) is 11.6. The number of nitrogens with zero attached hydrogens (tertiary/aromatic N) is 5. The predicted molar refractivity (Wildman–Crippen MR) is 73.7 cm³/mol. The molecule has 0 fully saturated rings. The van der Waals surface area contributed by atoms with Gasteiger partial charge in [-0.3, -0.25) is 10.5 Å². The van der Waals surface area contributed by atoms with Crippen molar-refractivity contribution in [2.45, 2.75) is 6.04 Å².